The van der Waals surface area contributed by atoms with E-state index in [1.54, 1.807) is 36.4 Å². The van der Waals surface area contributed by atoms with Gasteiger partial charge >= 0.3 is 11.8 Å². The smallest absolute Gasteiger partial charge is 0.329 e. The van der Waals surface area contributed by atoms with E-state index in [0.29, 0.717) is 5.69 Å². The minimum Gasteiger partial charge on any atom is -0.507 e. The molecule has 3 amide bonds. The Kier molecular flexibility index (Phi) is 7.67. The predicted molar refractivity (Wildman–Crippen MR) is 128 cm³/mol. The van der Waals surface area contributed by atoms with E-state index in [-0.39, 0.29) is 28.3 Å². The predicted octanol–water partition coefficient (Wildman–Crippen LogP) is 3.40. The number of nitrogens with zero attached hydrogens (tertiary/aromatic N) is 2. The van der Waals surface area contributed by atoms with E-state index in [1.165, 1.54) is 12.1 Å². The number of nitro benzene ring substituents is 1. The van der Waals surface area contributed by atoms with Gasteiger partial charge in [0.1, 0.15) is 5.75 Å². The van der Waals surface area contributed by atoms with Crippen LogP contribution in [0.3, 0.4) is 0 Å². The summed E-state index contributed by atoms with van der Waals surface area (Å²) in [6.07, 6.45) is 0.952. The molecule has 0 aromatic heterocycles. The van der Waals surface area contributed by atoms with Gasteiger partial charge in [0.15, 0.2) is 0 Å². The zero-order valence-electron chi connectivity index (χ0n) is 17.2. The number of carbonyl (C=O) groups is 3. The highest BCUT2D eigenvalue weighted by Gasteiger charge is 2.18. The number of halogens is 1. The average Bonchev–Trinajstić information content (AvgIpc) is 2.81. The van der Waals surface area contributed by atoms with Crippen molar-refractivity contribution in [3.05, 3.63) is 92.4 Å². The van der Waals surface area contributed by atoms with E-state index in [4.69, 9.17) is 0 Å². The van der Waals surface area contributed by atoms with Crippen molar-refractivity contribution in [2.24, 2.45) is 5.10 Å². The summed E-state index contributed by atoms with van der Waals surface area (Å²) in [6, 6.07) is 16.2. The Labute approximate surface area is 200 Å². The van der Waals surface area contributed by atoms with Gasteiger partial charge in [-0.15, -0.1) is 0 Å². The second-order valence-corrected chi connectivity index (χ2v) is 7.58. The first-order chi connectivity index (χ1) is 16.2. The Bertz CT molecular complexity index is 1290. The van der Waals surface area contributed by atoms with Gasteiger partial charge < -0.3 is 15.7 Å². The van der Waals surface area contributed by atoms with E-state index in [1.807, 2.05) is 5.43 Å². The summed E-state index contributed by atoms with van der Waals surface area (Å²) in [5.41, 5.74) is 2.38. The molecule has 0 fully saturated rings. The van der Waals surface area contributed by atoms with Crippen LogP contribution in [0, 0.1) is 10.1 Å². The number of benzene rings is 3. The van der Waals surface area contributed by atoms with Gasteiger partial charge in [0.2, 0.25) is 0 Å². The molecular formula is C22H16BrN5O6. The van der Waals surface area contributed by atoms with Gasteiger partial charge in [0, 0.05) is 27.9 Å². The number of carbonyl (C=O) groups excluding carboxylic acids is 3. The molecule has 0 atom stereocenters. The van der Waals surface area contributed by atoms with Crippen LogP contribution < -0.4 is 16.1 Å². The number of aromatic hydroxyl groups is 1. The van der Waals surface area contributed by atoms with Crippen LogP contribution in [-0.4, -0.2) is 34.0 Å². The first-order valence-electron chi connectivity index (χ1n) is 9.52. The first-order valence-corrected chi connectivity index (χ1v) is 10.3. The fraction of sp³-hybridized carbons (Fsp3) is 0. The Morgan fingerprint density at radius 1 is 0.971 bits per heavy atom. The summed E-state index contributed by atoms with van der Waals surface area (Å²) < 4.78 is 0.840. The Morgan fingerprint density at radius 2 is 1.68 bits per heavy atom. The van der Waals surface area contributed by atoms with Crippen molar-refractivity contribution >= 4 is 56.9 Å². The number of rotatable bonds is 6. The normalized spacial score (nSPS) is 10.5. The Hall–Kier alpha value is -4.58. The van der Waals surface area contributed by atoms with Crippen LogP contribution >= 0.6 is 15.9 Å². The third-order valence-electron chi connectivity index (χ3n) is 4.32. The van der Waals surface area contributed by atoms with Gasteiger partial charge in [0.25, 0.3) is 11.6 Å². The van der Waals surface area contributed by atoms with E-state index in [2.05, 4.69) is 31.7 Å². The molecule has 3 rings (SSSR count). The van der Waals surface area contributed by atoms with E-state index >= 15 is 0 Å². The summed E-state index contributed by atoms with van der Waals surface area (Å²) in [5.74, 6) is -3.08. The molecule has 0 bridgehead atoms. The highest BCUT2D eigenvalue weighted by atomic mass is 79.9. The van der Waals surface area contributed by atoms with Crippen LogP contribution in [0.25, 0.3) is 0 Å². The summed E-state index contributed by atoms with van der Waals surface area (Å²) >= 11 is 3.30. The first kappa shape index (κ1) is 24.1. The molecule has 11 nitrogen and oxygen atoms in total. The zero-order valence-corrected chi connectivity index (χ0v) is 18.8. The summed E-state index contributed by atoms with van der Waals surface area (Å²) in [7, 11) is 0. The van der Waals surface area contributed by atoms with Gasteiger partial charge in [-0.25, -0.2) is 5.43 Å². The van der Waals surface area contributed by atoms with Gasteiger partial charge in [0.05, 0.1) is 22.4 Å². The number of nitrogens with one attached hydrogen (secondary N) is 3. The lowest BCUT2D eigenvalue weighted by Gasteiger charge is -2.11. The highest BCUT2D eigenvalue weighted by Crippen LogP contribution is 2.21. The molecule has 172 valence electrons. The molecule has 0 radical (unpaired) electrons. The highest BCUT2D eigenvalue weighted by molar-refractivity contribution is 9.10. The van der Waals surface area contributed by atoms with Crippen LogP contribution in [0.4, 0.5) is 17.1 Å². The fourth-order valence-electron chi connectivity index (χ4n) is 2.67. The topological polar surface area (TPSA) is 163 Å². The standard InChI is InChI=1S/C22H16BrN5O6/c23-14-5-7-15(8-6-14)25-20(30)17-3-1-2-4-18(17)26-21(31)22(32)27-24-12-13-11-16(28(33)34)9-10-19(13)29/h1-12,29H,(H,25,30)(H,26,31)(H,27,32). The number of para-hydroxylation sites is 1. The average molecular weight is 526 g/mol. The number of phenolic OH excluding ortho intramolecular Hbond substituents is 1. The quantitative estimate of drug-likeness (QED) is 0.167. The molecule has 0 saturated carbocycles. The SMILES string of the molecule is O=C(NN=Cc1cc([N+](=O)[O-])ccc1O)C(=O)Nc1ccccc1C(=O)Nc1ccc(Br)cc1. The van der Waals surface area contributed by atoms with Crippen molar-refractivity contribution < 1.29 is 24.4 Å². The number of hydrogen-bond donors (Lipinski definition) is 4. The number of hydrogen-bond acceptors (Lipinski definition) is 7. The van der Waals surface area contributed by atoms with Crippen molar-refractivity contribution in [2.45, 2.75) is 0 Å². The van der Waals surface area contributed by atoms with E-state index in [0.717, 1.165) is 28.9 Å². The van der Waals surface area contributed by atoms with Crippen molar-refractivity contribution in [1.82, 2.24) is 5.43 Å². The lowest BCUT2D eigenvalue weighted by molar-refractivity contribution is -0.384. The van der Waals surface area contributed by atoms with Crippen LogP contribution in [0.1, 0.15) is 15.9 Å². The van der Waals surface area contributed by atoms with Crippen molar-refractivity contribution in [3.8, 4) is 5.75 Å². The van der Waals surface area contributed by atoms with E-state index in [9.17, 15) is 29.6 Å². The maximum atomic E-state index is 12.6. The molecule has 0 spiro atoms. The molecular weight excluding hydrogens is 510 g/mol. The van der Waals surface area contributed by atoms with Gasteiger partial charge in [-0.3, -0.25) is 24.5 Å². The van der Waals surface area contributed by atoms with Crippen LogP contribution in [0.2, 0.25) is 0 Å². The molecule has 34 heavy (non-hydrogen) atoms. The van der Waals surface area contributed by atoms with Gasteiger partial charge in [-0.1, -0.05) is 28.1 Å². The molecule has 0 aliphatic rings. The molecule has 0 aliphatic heterocycles. The van der Waals surface area contributed by atoms with Crippen LogP contribution in [0.15, 0.2) is 76.3 Å². The summed E-state index contributed by atoms with van der Waals surface area (Å²) in [4.78, 5) is 47.2. The van der Waals surface area contributed by atoms with Crippen molar-refractivity contribution in [3.63, 3.8) is 0 Å². The Morgan fingerprint density at radius 3 is 2.38 bits per heavy atom. The molecule has 3 aromatic rings. The minimum absolute atomic E-state index is 0.0372. The molecule has 3 aromatic carbocycles. The van der Waals surface area contributed by atoms with Crippen LogP contribution in [0.5, 0.6) is 5.75 Å². The largest absolute Gasteiger partial charge is 0.507 e. The number of non-ortho nitro benzene ring substituents is 1. The lowest BCUT2D eigenvalue weighted by atomic mass is 10.1. The molecule has 0 heterocycles. The number of anilines is 2. The molecule has 0 unspecified atom stereocenters. The number of amides is 3. The fourth-order valence-corrected chi connectivity index (χ4v) is 2.94. The van der Waals surface area contributed by atoms with Crippen LogP contribution in [-0.2, 0) is 9.59 Å². The third-order valence-corrected chi connectivity index (χ3v) is 4.85. The van der Waals surface area contributed by atoms with Gasteiger partial charge in [-0.2, -0.15) is 5.10 Å². The van der Waals surface area contributed by atoms with Crippen molar-refractivity contribution in [2.75, 3.05) is 10.6 Å². The molecule has 4 N–H and O–H groups in total. The molecule has 12 heteroatoms. The summed E-state index contributed by atoms with van der Waals surface area (Å²) in [5, 5.41) is 29.1. The monoisotopic (exact) mass is 525 g/mol. The third kappa shape index (κ3) is 6.23. The number of phenols is 1. The maximum absolute atomic E-state index is 12.6. The minimum atomic E-state index is -1.16. The molecule has 0 aliphatic carbocycles. The van der Waals surface area contributed by atoms with Crippen molar-refractivity contribution in [1.29, 1.82) is 0 Å². The second kappa shape index (κ2) is 10.8. The lowest BCUT2D eigenvalue weighted by Crippen LogP contribution is -2.33. The number of hydrazone groups is 1. The maximum Gasteiger partial charge on any atom is 0.329 e. The second-order valence-electron chi connectivity index (χ2n) is 6.66. The van der Waals surface area contributed by atoms with Gasteiger partial charge in [-0.05, 0) is 42.5 Å². The molecule has 0 saturated heterocycles. The zero-order chi connectivity index (χ0) is 24.7. The Balaban J connectivity index is 1.65. The van der Waals surface area contributed by atoms with E-state index < -0.39 is 22.6 Å². The number of nitro groups is 1. The summed E-state index contributed by atoms with van der Waals surface area (Å²) in [6.45, 7) is 0.